The summed E-state index contributed by atoms with van der Waals surface area (Å²) in [6, 6.07) is 4.01. The average molecular weight is 158 g/mol. The van der Waals surface area contributed by atoms with Gasteiger partial charge in [-0.2, -0.15) is 0 Å². The number of hydrogen-bond acceptors (Lipinski definition) is 2. The Labute approximate surface area is 71.3 Å². The van der Waals surface area contributed by atoms with Crippen molar-refractivity contribution >= 4 is 10.9 Å². The molecule has 2 aromatic rings. The Morgan fingerprint density at radius 3 is 2.92 bits per heavy atom. The highest BCUT2D eigenvalue weighted by atomic mass is 14.7. The number of fused-ring (bicyclic) bond motifs is 1. The van der Waals surface area contributed by atoms with Gasteiger partial charge in [-0.1, -0.05) is 0 Å². The smallest absolute Gasteiger partial charge is 0.0738 e. The van der Waals surface area contributed by atoms with E-state index in [-0.39, 0.29) is 0 Å². The van der Waals surface area contributed by atoms with E-state index in [1.807, 2.05) is 19.2 Å². The maximum atomic E-state index is 4.40. The zero-order chi connectivity index (χ0) is 8.55. The molecule has 2 aromatic heterocycles. The molecule has 0 unspecified atom stereocenters. The van der Waals surface area contributed by atoms with Crippen LogP contribution in [0.15, 0.2) is 24.5 Å². The van der Waals surface area contributed by atoms with Gasteiger partial charge in [0, 0.05) is 23.5 Å². The predicted octanol–water partition coefficient (Wildman–Crippen LogP) is 2.25. The number of nitrogens with zero attached hydrogens (tertiary/aromatic N) is 2. The van der Waals surface area contributed by atoms with E-state index in [4.69, 9.17) is 0 Å². The van der Waals surface area contributed by atoms with Crippen LogP contribution in [0, 0.1) is 13.8 Å². The fourth-order valence-electron chi connectivity index (χ4n) is 1.40. The molecule has 0 spiro atoms. The molecule has 0 aliphatic heterocycles. The molecule has 2 rings (SSSR count). The Hall–Kier alpha value is -1.44. The average Bonchev–Trinajstić information content (AvgIpc) is 2.04. The molecule has 0 atom stereocenters. The predicted molar refractivity (Wildman–Crippen MR) is 49.0 cm³/mol. The lowest BCUT2D eigenvalue weighted by atomic mass is 10.1. The van der Waals surface area contributed by atoms with E-state index in [9.17, 15) is 0 Å². The summed E-state index contributed by atoms with van der Waals surface area (Å²) in [5.41, 5.74) is 3.33. The Morgan fingerprint density at radius 1 is 1.25 bits per heavy atom. The summed E-state index contributed by atoms with van der Waals surface area (Å²) in [6.45, 7) is 4.09. The standard InChI is InChI=1S/C10H10N2/c1-7-5-8(2)12-10-3-4-11-6-9(7)10/h3-6H,1-2H3. The molecule has 0 N–H and O–H groups in total. The topological polar surface area (TPSA) is 25.8 Å². The van der Waals surface area contributed by atoms with Crippen LogP contribution in [0.1, 0.15) is 11.3 Å². The summed E-state index contributed by atoms with van der Waals surface area (Å²) in [5, 5.41) is 1.14. The second-order valence-corrected chi connectivity index (χ2v) is 2.97. The lowest BCUT2D eigenvalue weighted by Crippen LogP contribution is -1.87. The number of aromatic nitrogens is 2. The van der Waals surface area contributed by atoms with Gasteiger partial charge < -0.3 is 0 Å². The summed E-state index contributed by atoms with van der Waals surface area (Å²) in [5.74, 6) is 0. The van der Waals surface area contributed by atoms with E-state index >= 15 is 0 Å². The van der Waals surface area contributed by atoms with Gasteiger partial charge in [0.2, 0.25) is 0 Å². The van der Waals surface area contributed by atoms with Gasteiger partial charge >= 0.3 is 0 Å². The molecule has 2 heteroatoms. The van der Waals surface area contributed by atoms with Crippen LogP contribution in [0.3, 0.4) is 0 Å². The quantitative estimate of drug-likeness (QED) is 0.587. The summed E-state index contributed by atoms with van der Waals surface area (Å²) in [7, 11) is 0. The highest BCUT2D eigenvalue weighted by molar-refractivity contribution is 5.80. The minimum Gasteiger partial charge on any atom is -0.264 e. The summed E-state index contributed by atoms with van der Waals surface area (Å²) in [4.78, 5) is 8.46. The normalized spacial score (nSPS) is 10.5. The van der Waals surface area contributed by atoms with Gasteiger partial charge in [-0.3, -0.25) is 9.97 Å². The van der Waals surface area contributed by atoms with Gasteiger partial charge in [0.05, 0.1) is 5.52 Å². The number of pyridine rings is 2. The molecule has 0 saturated heterocycles. The van der Waals surface area contributed by atoms with Crippen molar-refractivity contribution in [2.75, 3.05) is 0 Å². The Kier molecular flexibility index (Phi) is 1.54. The van der Waals surface area contributed by atoms with Crippen molar-refractivity contribution < 1.29 is 0 Å². The van der Waals surface area contributed by atoms with Gasteiger partial charge in [0.15, 0.2) is 0 Å². The molecule has 0 radical (unpaired) electrons. The third-order valence-electron chi connectivity index (χ3n) is 1.95. The highest BCUT2D eigenvalue weighted by Crippen LogP contribution is 2.15. The largest absolute Gasteiger partial charge is 0.264 e. The maximum Gasteiger partial charge on any atom is 0.0738 e. The van der Waals surface area contributed by atoms with Gasteiger partial charge in [0.25, 0.3) is 0 Å². The molecule has 0 aliphatic carbocycles. The molecule has 0 amide bonds. The minimum absolute atomic E-state index is 1.03. The summed E-state index contributed by atoms with van der Waals surface area (Å²) in [6.07, 6.45) is 3.63. The maximum absolute atomic E-state index is 4.40. The zero-order valence-electron chi connectivity index (χ0n) is 7.20. The zero-order valence-corrected chi connectivity index (χ0v) is 7.20. The molecular formula is C10H10N2. The fourth-order valence-corrected chi connectivity index (χ4v) is 1.40. The van der Waals surface area contributed by atoms with E-state index < -0.39 is 0 Å². The monoisotopic (exact) mass is 158 g/mol. The van der Waals surface area contributed by atoms with Crippen LogP contribution in [0.4, 0.5) is 0 Å². The van der Waals surface area contributed by atoms with E-state index in [2.05, 4.69) is 23.0 Å². The Bertz CT molecular complexity index is 421. The number of aryl methyl sites for hydroxylation is 2. The highest BCUT2D eigenvalue weighted by Gasteiger charge is 1.98. The first-order valence-corrected chi connectivity index (χ1v) is 3.95. The van der Waals surface area contributed by atoms with Crippen molar-refractivity contribution in [1.29, 1.82) is 0 Å². The van der Waals surface area contributed by atoms with Crippen molar-refractivity contribution in [3.05, 3.63) is 35.8 Å². The summed E-state index contributed by atoms with van der Waals surface area (Å²) < 4.78 is 0. The second-order valence-electron chi connectivity index (χ2n) is 2.97. The van der Waals surface area contributed by atoms with E-state index in [1.54, 1.807) is 6.20 Å². The van der Waals surface area contributed by atoms with Crippen molar-refractivity contribution in [3.8, 4) is 0 Å². The second kappa shape index (κ2) is 2.55. The van der Waals surface area contributed by atoms with Crippen molar-refractivity contribution in [1.82, 2.24) is 9.97 Å². The van der Waals surface area contributed by atoms with E-state index in [1.165, 1.54) is 5.56 Å². The van der Waals surface area contributed by atoms with Crippen LogP contribution >= 0.6 is 0 Å². The van der Waals surface area contributed by atoms with Crippen LogP contribution in [-0.4, -0.2) is 9.97 Å². The van der Waals surface area contributed by atoms with Gasteiger partial charge in [-0.15, -0.1) is 0 Å². The van der Waals surface area contributed by atoms with Gasteiger partial charge in [0.1, 0.15) is 0 Å². The van der Waals surface area contributed by atoms with Crippen LogP contribution in [0.25, 0.3) is 10.9 Å². The van der Waals surface area contributed by atoms with Gasteiger partial charge in [-0.25, -0.2) is 0 Å². The fraction of sp³-hybridized carbons (Fsp3) is 0.200. The Morgan fingerprint density at radius 2 is 2.08 bits per heavy atom. The molecule has 0 aliphatic rings. The van der Waals surface area contributed by atoms with Crippen molar-refractivity contribution in [2.45, 2.75) is 13.8 Å². The van der Waals surface area contributed by atoms with Crippen molar-refractivity contribution in [3.63, 3.8) is 0 Å². The molecular weight excluding hydrogens is 148 g/mol. The van der Waals surface area contributed by atoms with E-state index in [0.717, 1.165) is 16.6 Å². The third-order valence-corrected chi connectivity index (χ3v) is 1.95. The lowest BCUT2D eigenvalue weighted by molar-refractivity contribution is 1.22. The van der Waals surface area contributed by atoms with Crippen molar-refractivity contribution in [2.24, 2.45) is 0 Å². The minimum atomic E-state index is 1.03. The van der Waals surface area contributed by atoms with E-state index in [0.29, 0.717) is 0 Å². The lowest BCUT2D eigenvalue weighted by Gasteiger charge is -2.01. The molecule has 12 heavy (non-hydrogen) atoms. The van der Waals surface area contributed by atoms with Crippen LogP contribution in [0.2, 0.25) is 0 Å². The molecule has 0 fully saturated rings. The van der Waals surface area contributed by atoms with Crippen LogP contribution < -0.4 is 0 Å². The van der Waals surface area contributed by atoms with Gasteiger partial charge in [-0.05, 0) is 31.5 Å². The molecule has 2 heterocycles. The number of rotatable bonds is 0. The third kappa shape index (κ3) is 1.05. The Balaban J connectivity index is 2.89. The number of hydrogen-bond donors (Lipinski definition) is 0. The SMILES string of the molecule is Cc1cc(C)c2cnccc2n1. The molecule has 2 nitrogen and oxygen atoms in total. The molecule has 0 bridgehead atoms. The molecule has 0 saturated carbocycles. The molecule has 0 aromatic carbocycles. The first-order chi connectivity index (χ1) is 5.77. The van der Waals surface area contributed by atoms with Crippen LogP contribution in [0.5, 0.6) is 0 Å². The first kappa shape index (κ1) is 7.22. The van der Waals surface area contributed by atoms with Crippen LogP contribution in [-0.2, 0) is 0 Å². The first-order valence-electron chi connectivity index (χ1n) is 3.95. The molecule has 60 valence electrons. The summed E-state index contributed by atoms with van der Waals surface area (Å²) >= 11 is 0.